The minimum absolute atomic E-state index is 0.0960. The third kappa shape index (κ3) is 3.04. The molecule has 0 bridgehead atoms. The fourth-order valence-electron chi connectivity index (χ4n) is 2.58. The van der Waals surface area contributed by atoms with Crippen molar-refractivity contribution in [3.8, 4) is 0 Å². The highest BCUT2D eigenvalue weighted by Gasteiger charge is 2.20. The van der Waals surface area contributed by atoms with Crippen LogP contribution in [0.5, 0.6) is 0 Å². The molecule has 0 saturated heterocycles. The number of H-pyrrole nitrogens is 1. The zero-order chi connectivity index (χ0) is 14.7. The number of nitrogens with zero attached hydrogens (tertiary/aromatic N) is 1. The fraction of sp³-hybridized carbons (Fsp3) is 0.250. The first-order chi connectivity index (χ1) is 10.3. The lowest BCUT2D eigenvalue weighted by Crippen LogP contribution is -2.18. The van der Waals surface area contributed by atoms with E-state index in [1.807, 2.05) is 35.0 Å². The smallest absolute Gasteiger partial charge is 0.144 e. The molecular weight excluding hydrogens is 282 g/mol. The van der Waals surface area contributed by atoms with E-state index in [1.54, 1.807) is 17.5 Å². The second-order valence-electron chi connectivity index (χ2n) is 5.12. The topological polar surface area (TPSA) is 71.8 Å². The van der Waals surface area contributed by atoms with Crippen molar-refractivity contribution < 1.29 is 4.79 Å². The Morgan fingerprint density at radius 1 is 1.38 bits per heavy atom. The summed E-state index contributed by atoms with van der Waals surface area (Å²) in [6.45, 7) is 0.521. The van der Waals surface area contributed by atoms with Crippen LogP contribution in [0.2, 0.25) is 0 Å². The Hall–Kier alpha value is -1.98. The van der Waals surface area contributed by atoms with Crippen molar-refractivity contribution in [1.82, 2.24) is 10.2 Å². The second kappa shape index (κ2) is 6.20. The van der Waals surface area contributed by atoms with Crippen LogP contribution in [-0.2, 0) is 11.2 Å². The van der Waals surface area contributed by atoms with Gasteiger partial charge in [-0.2, -0.15) is 16.4 Å². The highest BCUT2D eigenvalue weighted by Crippen LogP contribution is 2.25. The Bertz CT molecular complexity index is 733. The van der Waals surface area contributed by atoms with Gasteiger partial charge in [0.1, 0.15) is 5.78 Å². The van der Waals surface area contributed by atoms with Gasteiger partial charge in [-0.3, -0.25) is 9.89 Å². The van der Waals surface area contributed by atoms with Crippen LogP contribution in [0.4, 0.5) is 0 Å². The van der Waals surface area contributed by atoms with E-state index in [4.69, 9.17) is 5.73 Å². The molecule has 4 nitrogen and oxygen atoms in total. The molecule has 1 aromatic carbocycles. The summed E-state index contributed by atoms with van der Waals surface area (Å²) in [5, 5.41) is 12.0. The molecule has 0 amide bonds. The van der Waals surface area contributed by atoms with Crippen LogP contribution in [0, 0.1) is 0 Å². The van der Waals surface area contributed by atoms with Gasteiger partial charge in [0.25, 0.3) is 0 Å². The van der Waals surface area contributed by atoms with Gasteiger partial charge in [-0.25, -0.2) is 0 Å². The normalized spacial score (nSPS) is 12.6. The summed E-state index contributed by atoms with van der Waals surface area (Å²) < 4.78 is 0. The Labute approximate surface area is 127 Å². The number of benzene rings is 1. The molecule has 0 radical (unpaired) electrons. The molecule has 108 valence electrons. The molecule has 5 heteroatoms. The van der Waals surface area contributed by atoms with E-state index in [0.717, 1.165) is 22.0 Å². The van der Waals surface area contributed by atoms with Crippen LogP contribution in [0.1, 0.15) is 23.5 Å². The van der Waals surface area contributed by atoms with Gasteiger partial charge >= 0.3 is 0 Å². The van der Waals surface area contributed by atoms with Crippen molar-refractivity contribution >= 4 is 28.0 Å². The summed E-state index contributed by atoms with van der Waals surface area (Å²) in [6, 6.07) is 7.98. The van der Waals surface area contributed by atoms with Crippen LogP contribution >= 0.6 is 11.3 Å². The van der Waals surface area contributed by atoms with Crippen molar-refractivity contribution in [2.24, 2.45) is 5.73 Å². The molecule has 3 aromatic rings. The average molecular weight is 299 g/mol. The highest BCUT2D eigenvalue weighted by atomic mass is 32.1. The van der Waals surface area contributed by atoms with E-state index >= 15 is 0 Å². The van der Waals surface area contributed by atoms with E-state index in [9.17, 15) is 4.79 Å². The van der Waals surface area contributed by atoms with Gasteiger partial charge in [-0.05, 0) is 53.1 Å². The van der Waals surface area contributed by atoms with Crippen molar-refractivity contribution in [2.45, 2.75) is 18.8 Å². The SMILES string of the molecule is NCCC(C(=O)Cc1ccc2[nH]ncc2c1)c1ccsc1. The molecule has 0 saturated carbocycles. The Balaban J connectivity index is 1.80. The Morgan fingerprint density at radius 2 is 2.29 bits per heavy atom. The van der Waals surface area contributed by atoms with E-state index in [1.165, 1.54) is 0 Å². The predicted octanol–water partition coefficient (Wildman–Crippen LogP) is 2.87. The number of ketones is 1. The van der Waals surface area contributed by atoms with Crippen LogP contribution in [0.25, 0.3) is 10.9 Å². The van der Waals surface area contributed by atoms with Crippen LogP contribution in [-0.4, -0.2) is 22.5 Å². The fourth-order valence-corrected chi connectivity index (χ4v) is 3.29. The third-order valence-corrected chi connectivity index (χ3v) is 4.37. The number of aromatic amines is 1. The number of aromatic nitrogens is 2. The number of hydrogen-bond donors (Lipinski definition) is 2. The molecule has 2 aromatic heterocycles. The first-order valence-corrected chi connectivity index (χ1v) is 7.89. The minimum Gasteiger partial charge on any atom is -0.330 e. The number of nitrogens with two attached hydrogens (primary N) is 1. The molecule has 1 unspecified atom stereocenters. The van der Waals surface area contributed by atoms with E-state index in [-0.39, 0.29) is 11.7 Å². The molecule has 2 heterocycles. The van der Waals surface area contributed by atoms with Crippen molar-refractivity contribution in [2.75, 3.05) is 6.54 Å². The Kier molecular flexibility index (Phi) is 4.13. The Morgan fingerprint density at radius 3 is 3.05 bits per heavy atom. The second-order valence-corrected chi connectivity index (χ2v) is 5.90. The lowest BCUT2D eigenvalue weighted by atomic mass is 9.90. The summed E-state index contributed by atoms with van der Waals surface area (Å²) in [5.41, 5.74) is 8.76. The van der Waals surface area contributed by atoms with Gasteiger partial charge in [0.2, 0.25) is 0 Å². The van der Waals surface area contributed by atoms with Gasteiger partial charge in [0.15, 0.2) is 0 Å². The highest BCUT2D eigenvalue weighted by molar-refractivity contribution is 7.08. The van der Waals surface area contributed by atoms with Crippen LogP contribution in [0.3, 0.4) is 0 Å². The molecule has 0 aliphatic heterocycles. The quantitative estimate of drug-likeness (QED) is 0.735. The molecule has 0 aliphatic carbocycles. The first kappa shape index (κ1) is 14.0. The summed E-state index contributed by atoms with van der Waals surface area (Å²) in [6.07, 6.45) is 2.91. The maximum atomic E-state index is 12.6. The zero-order valence-corrected chi connectivity index (χ0v) is 12.4. The number of nitrogens with one attached hydrogen (secondary N) is 1. The summed E-state index contributed by atoms with van der Waals surface area (Å²) in [4.78, 5) is 12.6. The number of thiophene rings is 1. The molecule has 3 N–H and O–H groups in total. The lowest BCUT2D eigenvalue weighted by Gasteiger charge is -2.13. The maximum absolute atomic E-state index is 12.6. The first-order valence-electron chi connectivity index (χ1n) is 6.95. The minimum atomic E-state index is -0.0960. The average Bonchev–Trinajstić information content (AvgIpc) is 3.15. The van der Waals surface area contributed by atoms with Crippen LogP contribution in [0.15, 0.2) is 41.2 Å². The number of rotatable bonds is 6. The standard InChI is InChI=1S/C16H17N3OS/c17-5-3-14(12-4-6-21-10-12)16(20)8-11-1-2-15-13(7-11)9-18-19-15/h1-2,4,6-7,9-10,14H,3,5,8,17H2,(H,18,19). The molecule has 0 spiro atoms. The van der Waals surface area contributed by atoms with Gasteiger partial charge in [-0.15, -0.1) is 0 Å². The molecule has 21 heavy (non-hydrogen) atoms. The summed E-state index contributed by atoms with van der Waals surface area (Å²) >= 11 is 1.62. The number of Topliss-reactive ketones (excluding diaryl/α,β-unsaturated/α-hetero) is 1. The summed E-state index contributed by atoms with van der Waals surface area (Å²) in [7, 11) is 0. The van der Waals surface area contributed by atoms with E-state index < -0.39 is 0 Å². The third-order valence-electron chi connectivity index (χ3n) is 3.67. The van der Waals surface area contributed by atoms with Crippen molar-refractivity contribution in [3.05, 3.63) is 52.3 Å². The van der Waals surface area contributed by atoms with Gasteiger partial charge in [0.05, 0.1) is 11.7 Å². The van der Waals surface area contributed by atoms with Crippen molar-refractivity contribution in [3.63, 3.8) is 0 Å². The molecule has 0 fully saturated rings. The molecular formula is C16H17N3OS. The maximum Gasteiger partial charge on any atom is 0.144 e. The van der Waals surface area contributed by atoms with Gasteiger partial charge in [-0.1, -0.05) is 6.07 Å². The number of carbonyl (C=O) groups excluding carboxylic acids is 1. The monoisotopic (exact) mass is 299 g/mol. The predicted molar refractivity (Wildman–Crippen MR) is 85.5 cm³/mol. The van der Waals surface area contributed by atoms with Crippen molar-refractivity contribution in [1.29, 1.82) is 0 Å². The van der Waals surface area contributed by atoms with Gasteiger partial charge < -0.3 is 5.73 Å². The lowest BCUT2D eigenvalue weighted by molar-refractivity contribution is -0.120. The number of fused-ring (bicyclic) bond motifs is 1. The van der Waals surface area contributed by atoms with E-state index in [2.05, 4.69) is 10.2 Å². The summed E-state index contributed by atoms with van der Waals surface area (Å²) in [5.74, 6) is 0.128. The zero-order valence-electron chi connectivity index (χ0n) is 11.6. The van der Waals surface area contributed by atoms with E-state index in [0.29, 0.717) is 19.4 Å². The largest absolute Gasteiger partial charge is 0.330 e. The molecule has 3 rings (SSSR count). The molecule has 1 atom stereocenters. The van der Waals surface area contributed by atoms with Gasteiger partial charge in [0, 0.05) is 17.7 Å². The number of carbonyl (C=O) groups is 1. The number of hydrogen-bond acceptors (Lipinski definition) is 4. The van der Waals surface area contributed by atoms with Crippen LogP contribution < -0.4 is 5.73 Å². The molecule has 0 aliphatic rings.